The van der Waals surface area contributed by atoms with Crippen molar-refractivity contribution in [2.45, 2.75) is 46.1 Å². The van der Waals surface area contributed by atoms with E-state index >= 15 is 0 Å². The molecular weight excluding hydrogens is 322 g/mol. The number of aromatic nitrogens is 3. The van der Waals surface area contributed by atoms with Crippen molar-refractivity contribution in [2.24, 2.45) is 0 Å². The summed E-state index contributed by atoms with van der Waals surface area (Å²) < 4.78 is 6.37. The van der Waals surface area contributed by atoms with E-state index in [-0.39, 0.29) is 29.9 Å². The maximum absolute atomic E-state index is 12.4. The van der Waals surface area contributed by atoms with Gasteiger partial charge in [-0.3, -0.25) is 9.59 Å². The van der Waals surface area contributed by atoms with E-state index in [0.29, 0.717) is 23.4 Å². The molecule has 1 amide bonds. The third-order valence-corrected chi connectivity index (χ3v) is 4.65. The lowest BCUT2D eigenvalue weighted by Gasteiger charge is -2.14. The second-order valence-electron chi connectivity index (χ2n) is 6.58. The first-order valence-electron chi connectivity index (χ1n) is 8.89. The second-order valence-corrected chi connectivity index (χ2v) is 6.58. The number of hydrogen-bond acceptors (Lipinski definition) is 6. The number of amides is 1. The number of rotatable bonds is 7. The molecule has 0 aromatic carbocycles. The Labute approximate surface area is 146 Å². The van der Waals surface area contributed by atoms with Crippen LogP contribution in [0.2, 0.25) is 0 Å². The smallest absolute Gasteiger partial charge is 0.296 e. The molecule has 0 spiro atoms. The highest BCUT2D eigenvalue weighted by Gasteiger charge is 2.15. The standard InChI is InChI=1S/C17H25N5O3/c1-12-15-13(2)25-20-16(15)17(24)22(19-12)11-6-14(23)18-7-5-10-21-8-3-4-9-21/h3-11H2,1-2H3,(H,18,23). The molecule has 0 radical (unpaired) electrons. The molecule has 1 aliphatic heterocycles. The summed E-state index contributed by atoms with van der Waals surface area (Å²) >= 11 is 0. The molecule has 2 aromatic heterocycles. The van der Waals surface area contributed by atoms with Crippen LogP contribution in [0.15, 0.2) is 9.32 Å². The highest BCUT2D eigenvalue weighted by atomic mass is 16.5. The van der Waals surface area contributed by atoms with Gasteiger partial charge in [0.2, 0.25) is 5.91 Å². The third kappa shape index (κ3) is 4.07. The van der Waals surface area contributed by atoms with Crippen LogP contribution < -0.4 is 10.9 Å². The van der Waals surface area contributed by atoms with Gasteiger partial charge in [-0.05, 0) is 52.7 Å². The lowest BCUT2D eigenvalue weighted by Crippen LogP contribution is -2.31. The number of hydrogen-bond donors (Lipinski definition) is 1. The van der Waals surface area contributed by atoms with E-state index in [1.54, 1.807) is 13.8 Å². The van der Waals surface area contributed by atoms with E-state index in [9.17, 15) is 9.59 Å². The van der Waals surface area contributed by atoms with E-state index in [2.05, 4.69) is 20.5 Å². The molecule has 0 bridgehead atoms. The lowest BCUT2D eigenvalue weighted by atomic mass is 10.2. The molecule has 3 heterocycles. The highest BCUT2D eigenvalue weighted by Crippen LogP contribution is 2.16. The van der Waals surface area contributed by atoms with Crippen molar-refractivity contribution < 1.29 is 9.32 Å². The van der Waals surface area contributed by atoms with Gasteiger partial charge in [-0.1, -0.05) is 5.16 Å². The Kier molecular flexibility index (Phi) is 5.47. The number of aryl methyl sites for hydroxylation is 3. The zero-order valence-corrected chi connectivity index (χ0v) is 14.9. The first-order valence-corrected chi connectivity index (χ1v) is 8.89. The average molecular weight is 347 g/mol. The Morgan fingerprint density at radius 1 is 1.24 bits per heavy atom. The predicted molar refractivity (Wildman–Crippen MR) is 93.5 cm³/mol. The lowest BCUT2D eigenvalue weighted by molar-refractivity contribution is -0.121. The fraction of sp³-hybridized carbons (Fsp3) is 0.647. The molecule has 3 rings (SSSR count). The van der Waals surface area contributed by atoms with E-state index in [1.807, 2.05) is 0 Å². The van der Waals surface area contributed by atoms with Crippen molar-refractivity contribution in [3.63, 3.8) is 0 Å². The number of nitrogens with zero attached hydrogens (tertiary/aromatic N) is 4. The summed E-state index contributed by atoms with van der Waals surface area (Å²) in [6, 6.07) is 0. The van der Waals surface area contributed by atoms with Gasteiger partial charge in [0.05, 0.1) is 17.6 Å². The summed E-state index contributed by atoms with van der Waals surface area (Å²) in [5.74, 6) is 0.518. The number of nitrogens with one attached hydrogen (secondary N) is 1. The fourth-order valence-corrected chi connectivity index (χ4v) is 3.33. The van der Waals surface area contributed by atoms with Gasteiger partial charge in [-0.15, -0.1) is 0 Å². The van der Waals surface area contributed by atoms with E-state index in [0.717, 1.165) is 13.0 Å². The first-order chi connectivity index (χ1) is 12.1. The molecule has 136 valence electrons. The molecular formula is C17H25N5O3. The van der Waals surface area contributed by atoms with Crippen LogP contribution in [-0.4, -0.2) is 51.9 Å². The number of fused-ring (bicyclic) bond motifs is 1. The van der Waals surface area contributed by atoms with Crippen LogP contribution in [0.5, 0.6) is 0 Å². The first kappa shape index (κ1) is 17.6. The van der Waals surface area contributed by atoms with Crippen LogP contribution in [0.25, 0.3) is 10.9 Å². The van der Waals surface area contributed by atoms with E-state index < -0.39 is 0 Å². The Morgan fingerprint density at radius 2 is 2.00 bits per heavy atom. The number of carbonyl (C=O) groups is 1. The summed E-state index contributed by atoms with van der Waals surface area (Å²) in [4.78, 5) is 26.8. The molecule has 1 aliphatic rings. The SMILES string of the molecule is Cc1nn(CCC(=O)NCCCN2CCCC2)c(=O)c2noc(C)c12. The molecule has 0 aliphatic carbocycles. The van der Waals surface area contributed by atoms with Crippen molar-refractivity contribution in [3.8, 4) is 0 Å². The maximum Gasteiger partial charge on any atom is 0.296 e. The molecule has 0 atom stereocenters. The normalized spacial score (nSPS) is 15.1. The quantitative estimate of drug-likeness (QED) is 0.751. The topological polar surface area (TPSA) is 93.3 Å². The van der Waals surface area contributed by atoms with Crippen molar-refractivity contribution in [1.82, 2.24) is 25.2 Å². The average Bonchev–Trinajstić information content (AvgIpc) is 3.23. The molecule has 0 unspecified atom stereocenters. The van der Waals surface area contributed by atoms with Gasteiger partial charge in [0.15, 0.2) is 5.52 Å². The van der Waals surface area contributed by atoms with Gasteiger partial charge in [0.25, 0.3) is 5.56 Å². The largest absolute Gasteiger partial charge is 0.360 e. The van der Waals surface area contributed by atoms with Crippen LogP contribution in [0.4, 0.5) is 0 Å². The molecule has 0 saturated carbocycles. The Morgan fingerprint density at radius 3 is 2.76 bits per heavy atom. The monoisotopic (exact) mass is 347 g/mol. The molecule has 1 N–H and O–H groups in total. The maximum atomic E-state index is 12.4. The minimum absolute atomic E-state index is 0.0656. The van der Waals surface area contributed by atoms with Gasteiger partial charge >= 0.3 is 0 Å². The molecule has 1 saturated heterocycles. The zero-order chi connectivity index (χ0) is 17.8. The predicted octanol–water partition coefficient (Wildman–Crippen LogP) is 0.994. The molecule has 8 nitrogen and oxygen atoms in total. The minimum atomic E-state index is -0.320. The zero-order valence-electron chi connectivity index (χ0n) is 14.9. The van der Waals surface area contributed by atoms with Gasteiger partial charge in [0, 0.05) is 13.0 Å². The summed E-state index contributed by atoms with van der Waals surface area (Å²) in [7, 11) is 0. The molecule has 8 heteroatoms. The van der Waals surface area contributed by atoms with Crippen LogP contribution >= 0.6 is 0 Å². The van der Waals surface area contributed by atoms with Gasteiger partial charge in [0.1, 0.15) is 5.76 Å². The van der Waals surface area contributed by atoms with Crippen molar-refractivity contribution in [2.75, 3.05) is 26.2 Å². The second kappa shape index (κ2) is 7.77. The highest BCUT2D eigenvalue weighted by molar-refractivity contribution is 5.81. The van der Waals surface area contributed by atoms with Gasteiger partial charge in [-0.2, -0.15) is 5.10 Å². The Bertz CT molecular complexity index is 804. The van der Waals surface area contributed by atoms with Crippen molar-refractivity contribution in [3.05, 3.63) is 21.8 Å². The summed E-state index contributed by atoms with van der Waals surface area (Å²) in [6.07, 6.45) is 3.73. The Hall–Kier alpha value is -2.22. The van der Waals surface area contributed by atoms with Crippen molar-refractivity contribution in [1.29, 1.82) is 0 Å². The molecule has 1 fully saturated rings. The van der Waals surface area contributed by atoms with Crippen LogP contribution in [0, 0.1) is 13.8 Å². The summed E-state index contributed by atoms with van der Waals surface area (Å²) in [5.41, 5.74) is 0.634. The summed E-state index contributed by atoms with van der Waals surface area (Å²) in [6.45, 7) is 7.84. The van der Waals surface area contributed by atoms with Crippen LogP contribution in [0.3, 0.4) is 0 Å². The fourth-order valence-electron chi connectivity index (χ4n) is 3.33. The van der Waals surface area contributed by atoms with E-state index in [4.69, 9.17) is 4.52 Å². The van der Waals surface area contributed by atoms with Gasteiger partial charge < -0.3 is 14.7 Å². The van der Waals surface area contributed by atoms with Crippen molar-refractivity contribution >= 4 is 16.8 Å². The third-order valence-electron chi connectivity index (χ3n) is 4.65. The minimum Gasteiger partial charge on any atom is -0.360 e. The molecule has 2 aromatic rings. The summed E-state index contributed by atoms with van der Waals surface area (Å²) in [5, 5.41) is 11.7. The van der Waals surface area contributed by atoms with Crippen LogP contribution in [-0.2, 0) is 11.3 Å². The number of likely N-dealkylation sites (tertiary alicyclic amines) is 1. The van der Waals surface area contributed by atoms with Gasteiger partial charge in [-0.25, -0.2) is 4.68 Å². The van der Waals surface area contributed by atoms with E-state index in [1.165, 1.54) is 30.6 Å². The number of carbonyl (C=O) groups excluding carboxylic acids is 1. The van der Waals surface area contributed by atoms with Crippen LogP contribution in [0.1, 0.15) is 37.1 Å². The Balaban J connectivity index is 1.49. The molecule has 25 heavy (non-hydrogen) atoms.